The summed E-state index contributed by atoms with van der Waals surface area (Å²) in [6.45, 7) is 2.26. The number of nitrogens with one attached hydrogen (secondary N) is 1. The molecule has 0 spiro atoms. The van der Waals surface area contributed by atoms with Gasteiger partial charge in [0.2, 0.25) is 0 Å². The monoisotopic (exact) mass is 381 g/mol. The topological polar surface area (TPSA) is 47.6 Å². The van der Waals surface area contributed by atoms with Crippen LogP contribution >= 0.6 is 11.6 Å². The van der Waals surface area contributed by atoms with Gasteiger partial charge in [0.25, 0.3) is 5.91 Å². The lowest BCUT2D eigenvalue weighted by molar-refractivity contribution is -0.118. The van der Waals surface area contributed by atoms with Crippen LogP contribution in [0, 0.1) is 6.92 Å². The van der Waals surface area contributed by atoms with E-state index in [4.69, 9.17) is 21.1 Å². The Bertz CT molecular complexity index is 912. The fourth-order valence-electron chi connectivity index (χ4n) is 2.50. The van der Waals surface area contributed by atoms with Crippen molar-refractivity contribution in [1.82, 2.24) is 0 Å². The molecule has 0 saturated carbocycles. The highest BCUT2D eigenvalue weighted by Crippen LogP contribution is 2.29. The molecular weight excluding hydrogens is 362 g/mol. The van der Waals surface area contributed by atoms with Crippen molar-refractivity contribution in [3.63, 3.8) is 0 Å². The van der Waals surface area contributed by atoms with Crippen LogP contribution in [0.1, 0.15) is 11.1 Å². The van der Waals surface area contributed by atoms with Crippen molar-refractivity contribution in [2.75, 3.05) is 11.9 Å². The summed E-state index contributed by atoms with van der Waals surface area (Å²) in [5.41, 5.74) is 2.61. The highest BCUT2D eigenvalue weighted by molar-refractivity contribution is 6.31. The molecule has 27 heavy (non-hydrogen) atoms. The van der Waals surface area contributed by atoms with E-state index in [0.29, 0.717) is 28.8 Å². The Kier molecular flexibility index (Phi) is 6.34. The number of carbonyl (C=O) groups excluding carboxylic acids is 1. The molecule has 138 valence electrons. The van der Waals surface area contributed by atoms with Crippen molar-refractivity contribution in [3.05, 3.63) is 88.9 Å². The van der Waals surface area contributed by atoms with E-state index in [0.717, 1.165) is 11.1 Å². The quantitative estimate of drug-likeness (QED) is 0.608. The first kappa shape index (κ1) is 18.8. The molecule has 0 aliphatic carbocycles. The van der Waals surface area contributed by atoms with Crippen molar-refractivity contribution < 1.29 is 14.3 Å². The second kappa shape index (κ2) is 9.10. The summed E-state index contributed by atoms with van der Waals surface area (Å²) in [6.07, 6.45) is 0. The number of ether oxygens (including phenoxy) is 2. The first-order chi connectivity index (χ1) is 13.1. The average molecular weight is 382 g/mol. The minimum absolute atomic E-state index is 0.103. The predicted octanol–water partition coefficient (Wildman–Crippen LogP) is 5.24. The van der Waals surface area contributed by atoms with Crippen molar-refractivity contribution in [2.24, 2.45) is 0 Å². The maximum absolute atomic E-state index is 12.3. The SMILES string of the molecule is Cc1cccc(OCC(=O)Nc2cc(Cl)ccc2OCc2ccccc2)c1. The predicted molar refractivity (Wildman–Crippen MR) is 108 cm³/mol. The maximum Gasteiger partial charge on any atom is 0.262 e. The van der Waals surface area contributed by atoms with Crippen molar-refractivity contribution in [1.29, 1.82) is 0 Å². The van der Waals surface area contributed by atoms with E-state index in [-0.39, 0.29) is 12.5 Å². The molecule has 0 bridgehead atoms. The first-order valence-corrected chi connectivity index (χ1v) is 8.93. The maximum atomic E-state index is 12.3. The van der Waals surface area contributed by atoms with Crippen LogP contribution in [0.25, 0.3) is 0 Å². The van der Waals surface area contributed by atoms with Crippen LogP contribution in [0.3, 0.4) is 0 Å². The Labute approximate surface area is 163 Å². The molecule has 0 unspecified atom stereocenters. The molecule has 0 atom stereocenters. The third-order valence-electron chi connectivity index (χ3n) is 3.81. The second-order valence-electron chi connectivity index (χ2n) is 6.07. The lowest BCUT2D eigenvalue weighted by Crippen LogP contribution is -2.20. The number of amides is 1. The number of hydrogen-bond acceptors (Lipinski definition) is 3. The molecule has 0 saturated heterocycles. The molecule has 3 aromatic carbocycles. The van der Waals surface area contributed by atoms with Crippen LogP contribution in [0.5, 0.6) is 11.5 Å². The number of halogens is 1. The van der Waals surface area contributed by atoms with Gasteiger partial charge in [-0.3, -0.25) is 4.79 Å². The number of rotatable bonds is 7. The van der Waals surface area contributed by atoms with Gasteiger partial charge in [0.15, 0.2) is 6.61 Å². The molecule has 5 heteroatoms. The molecule has 0 aliphatic heterocycles. The number of aryl methyl sites for hydroxylation is 1. The van der Waals surface area contributed by atoms with Crippen LogP contribution in [0.15, 0.2) is 72.8 Å². The number of carbonyl (C=O) groups is 1. The third-order valence-corrected chi connectivity index (χ3v) is 4.05. The average Bonchev–Trinajstić information content (AvgIpc) is 2.67. The first-order valence-electron chi connectivity index (χ1n) is 8.56. The summed E-state index contributed by atoms with van der Waals surface area (Å²) in [7, 11) is 0. The van der Waals surface area contributed by atoms with E-state index in [1.807, 2.05) is 61.5 Å². The molecule has 0 fully saturated rings. The van der Waals surface area contributed by atoms with E-state index in [1.165, 1.54) is 0 Å². The molecule has 3 rings (SSSR count). The Balaban J connectivity index is 1.62. The lowest BCUT2D eigenvalue weighted by atomic mass is 10.2. The standard InChI is InChI=1S/C22H20ClNO3/c1-16-6-5-9-19(12-16)26-15-22(25)24-20-13-18(23)10-11-21(20)27-14-17-7-3-2-4-8-17/h2-13H,14-15H2,1H3,(H,24,25). The smallest absolute Gasteiger partial charge is 0.262 e. The van der Waals surface area contributed by atoms with Gasteiger partial charge in [-0.05, 0) is 48.4 Å². The molecule has 0 aliphatic rings. The zero-order valence-corrected chi connectivity index (χ0v) is 15.7. The zero-order chi connectivity index (χ0) is 19.1. The van der Waals surface area contributed by atoms with Crippen molar-refractivity contribution in [3.8, 4) is 11.5 Å². The van der Waals surface area contributed by atoms with Gasteiger partial charge in [-0.1, -0.05) is 54.1 Å². The highest BCUT2D eigenvalue weighted by Gasteiger charge is 2.10. The molecule has 0 aromatic heterocycles. The Morgan fingerprint density at radius 1 is 0.963 bits per heavy atom. The van der Waals surface area contributed by atoms with E-state index in [9.17, 15) is 4.79 Å². The minimum atomic E-state index is -0.289. The molecular formula is C22H20ClNO3. The molecule has 0 heterocycles. The fraction of sp³-hybridized carbons (Fsp3) is 0.136. The summed E-state index contributed by atoms with van der Waals surface area (Å²) in [4.78, 5) is 12.3. The molecule has 0 radical (unpaired) electrons. The van der Waals surface area contributed by atoms with E-state index >= 15 is 0 Å². The van der Waals surface area contributed by atoms with Crippen LogP contribution in [0.4, 0.5) is 5.69 Å². The summed E-state index contributed by atoms with van der Waals surface area (Å²) < 4.78 is 11.4. The van der Waals surface area contributed by atoms with Gasteiger partial charge in [-0.25, -0.2) is 0 Å². The normalized spacial score (nSPS) is 10.3. The number of hydrogen-bond donors (Lipinski definition) is 1. The highest BCUT2D eigenvalue weighted by atomic mass is 35.5. The van der Waals surface area contributed by atoms with Gasteiger partial charge in [0.05, 0.1) is 5.69 Å². The van der Waals surface area contributed by atoms with Gasteiger partial charge in [0.1, 0.15) is 18.1 Å². The summed E-state index contributed by atoms with van der Waals surface area (Å²) >= 11 is 6.07. The molecule has 1 amide bonds. The lowest BCUT2D eigenvalue weighted by Gasteiger charge is -2.13. The van der Waals surface area contributed by atoms with E-state index in [1.54, 1.807) is 18.2 Å². The molecule has 1 N–H and O–H groups in total. The van der Waals surface area contributed by atoms with Gasteiger partial charge >= 0.3 is 0 Å². The van der Waals surface area contributed by atoms with Gasteiger partial charge in [0, 0.05) is 5.02 Å². The van der Waals surface area contributed by atoms with Gasteiger partial charge in [-0.2, -0.15) is 0 Å². The number of anilines is 1. The summed E-state index contributed by atoms with van der Waals surface area (Å²) in [5, 5.41) is 3.31. The largest absolute Gasteiger partial charge is 0.487 e. The van der Waals surface area contributed by atoms with Crippen molar-refractivity contribution >= 4 is 23.2 Å². The number of benzene rings is 3. The van der Waals surface area contributed by atoms with Crippen LogP contribution < -0.4 is 14.8 Å². The Hall–Kier alpha value is -2.98. The summed E-state index contributed by atoms with van der Waals surface area (Å²) in [6, 6.07) is 22.5. The van der Waals surface area contributed by atoms with Crippen LogP contribution in [-0.2, 0) is 11.4 Å². The zero-order valence-electron chi connectivity index (χ0n) is 14.9. The van der Waals surface area contributed by atoms with E-state index in [2.05, 4.69) is 5.32 Å². The van der Waals surface area contributed by atoms with Crippen LogP contribution in [0.2, 0.25) is 5.02 Å². The molecule has 4 nitrogen and oxygen atoms in total. The van der Waals surface area contributed by atoms with Gasteiger partial charge < -0.3 is 14.8 Å². The van der Waals surface area contributed by atoms with Gasteiger partial charge in [-0.15, -0.1) is 0 Å². The van der Waals surface area contributed by atoms with Crippen molar-refractivity contribution in [2.45, 2.75) is 13.5 Å². The molecule has 3 aromatic rings. The second-order valence-corrected chi connectivity index (χ2v) is 6.50. The Morgan fingerprint density at radius 3 is 2.56 bits per heavy atom. The third kappa shape index (κ3) is 5.76. The summed E-state index contributed by atoms with van der Waals surface area (Å²) in [5.74, 6) is 0.910. The Morgan fingerprint density at radius 2 is 1.78 bits per heavy atom. The fourth-order valence-corrected chi connectivity index (χ4v) is 2.67. The van der Waals surface area contributed by atoms with E-state index < -0.39 is 0 Å². The minimum Gasteiger partial charge on any atom is -0.487 e. The van der Waals surface area contributed by atoms with Crippen LogP contribution in [-0.4, -0.2) is 12.5 Å².